The maximum atomic E-state index is 12.7. The van der Waals surface area contributed by atoms with E-state index in [9.17, 15) is 9.90 Å². The summed E-state index contributed by atoms with van der Waals surface area (Å²) in [5, 5.41) is 12.2. The highest BCUT2D eigenvalue weighted by Crippen LogP contribution is 2.78. The third-order valence-corrected chi connectivity index (χ3v) is 13.7. The lowest BCUT2D eigenvalue weighted by Crippen LogP contribution is -2.71. The van der Waals surface area contributed by atoms with Gasteiger partial charge in [-0.3, -0.25) is 4.79 Å². The molecule has 10 unspecified atom stereocenters. The third kappa shape index (κ3) is 2.66. The molecule has 0 spiro atoms. The van der Waals surface area contributed by atoms with Gasteiger partial charge >= 0.3 is 0 Å². The van der Waals surface area contributed by atoms with Crippen LogP contribution in [0, 0.1) is 56.2 Å². The minimum Gasteiger partial charge on any atom is -0.393 e. The van der Waals surface area contributed by atoms with Gasteiger partial charge in [0, 0.05) is 17.8 Å². The van der Waals surface area contributed by atoms with Crippen LogP contribution >= 0.6 is 0 Å². The van der Waals surface area contributed by atoms with Crippen molar-refractivity contribution >= 4 is 5.78 Å². The Morgan fingerprint density at radius 3 is 2.09 bits per heavy atom. The molecule has 0 radical (unpaired) electrons. The molecule has 0 aromatic heterocycles. The second-order valence-electron chi connectivity index (χ2n) is 15.4. The Labute approximate surface area is 197 Å². The minimum atomic E-state index is -0.234. The number of hydrogen-bond acceptors (Lipinski definition) is 2. The summed E-state index contributed by atoms with van der Waals surface area (Å²) in [6.45, 7) is 19.8. The van der Waals surface area contributed by atoms with E-state index in [1.807, 2.05) is 0 Å². The smallest absolute Gasteiger partial charge is 0.136 e. The second kappa shape index (κ2) is 6.64. The van der Waals surface area contributed by atoms with E-state index in [-0.39, 0.29) is 33.7 Å². The molecule has 0 aromatic rings. The first-order valence-corrected chi connectivity index (χ1v) is 13.8. The zero-order valence-corrected chi connectivity index (χ0v) is 22.3. The highest BCUT2D eigenvalue weighted by atomic mass is 16.3. The number of aliphatic hydroxyl groups excluding tert-OH is 1. The summed E-state index contributed by atoms with van der Waals surface area (Å²) >= 11 is 0. The summed E-state index contributed by atoms with van der Waals surface area (Å²) in [6.07, 6.45) is 11.5. The first-order chi connectivity index (χ1) is 14.6. The van der Waals surface area contributed by atoms with Crippen molar-refractivity contribution in [2.75, 3.05) is 0 Å². The van der Waals surface area contributed by atoms with Crippen LogP contribution in [0.4, 0.5) is 0 Å². The molecule has 0 amide bonds. The van der Waals surface area contributed by atoms with Crippen LogP contribution in [0.15, 0.2) is 0 Å². The van der Waals surface area contributed by atoms with E-state index in [1.54, 1.807) is 0 Å². The molecule has 5 fully saturated rings. The quantitative estimate of drug-likeness (QED) is 0.423. The van der Waals surface area contributed by atoms with Crippen molar-refractivity contribution < 1.29 is 9.90 Å². The Hall–Kier alpha value is -0.370. The Morgan fingerprint density at radius 1 is 0.750 bits per heavy atom. The minimum absolute atomic E-state index is 0.00822. The normalized spacial score (nSPS) is 59.4. The molecule has 5 aliphatic carbocycles. The fourth-order valence-electron chi connectivity index (χ4n) is 11.3. The van der Waals surface area contributed by atoms with Gasteiger partial charge < -0.3 is 5.11 Å². The molecule has 182 valence electrons. The molecule has 32 heavy (non-hydrogen) atoms. The van der Waals surface area contributed by atoms with E-state index in [1.165, 1.54) is 44.9 Å². The SMILES string of the molecule is CC1C(=O)CCC2C1(C)CCC1C2(C)CC(O)C2(C)C3CC(C)(C)CCC3(C)CCC12C. The van der Waals surface area contributed by atoms with Gasteiger partial charge in [-0.15, -0.1) is 0 Å². The molecule has 1 N–H and O–H groups in total. The Kier molecular flexibility index (Phi) is 4.85. The van der Waals surface area contributed by atoms with Crippen molar-refractivity contribution in [3.63, 3.8) is 0 Å². The molecule has 10 atom stereocenters. The van der Waals surface area contributed by atoms with Crippen molar-refractivity contribution in [1.29, 1.82) is 0 Å². The van der Waals surface area contributed by atoms with Crippen LogP contribution in [0.3, 0.4) is 0 Å². The lowest BCUT2D eigenvalue weighted by atomic mass is 9.29. The number of fused-ring (bicyclic) bond motifs is 7. The van der Waals surface area contributed by atoms with Gasteiger partial charge in [-0.05, 0) is 103 Å². The van der Waals surface area contributed by atoms with Gasteiger partial charge in [0.25, 0.3) is 0 Å². The molecular formula is C30H50O2. The maximum absolute atomic E-state index is 12.7. The van der Waals surface area contributed by atoms with Gasteiger partial charge in [-0.25, -0.2) is 0 Å². The molecular weight excluding hydrogens is 392 g/mol. The zero-order valence-electron chi connectivity index (χ0n) is 22.3. The number of carbonyl (C=O) groups excluding carboxylic acids is 1. The van der Waals surface area contributed by atoms with Gasteiger partial charge in [0.05, 0.1) is 6.10 Å². The van der Waals surface area contributed by atoms with Crippen LogP contribution in [0.2, 0.25) is 0 Å². The van der Waals surface area contributed by atoms with Gasteiger partial charge in [-0.1, -0.05) is 55.4 Å². The maximum Gasteiger partial charge on any atom is 0.136 e. The van der Waals surface area contributed by atoms with Crippen LogP contribution in [0.25, 0.3) is 0 Å². The van der Waals surface area contributed by atoms with Crippen molar-refractivity contribution in [3.8, 4) is 0 Å². The van der Waals surface area contributed by atoms with Gasteiger partial charge in [0.2, 0.25) is 0 Å². The number of hydrogen-bond donors (Lipinski definition) is 1. The monoisotopic (exact) mass is 442 g/mol. The molecule has 5 saturated carbocycles. The average Bonchev–Trinajstić information content (AvgIpc) is 2.70. The molecule has 0 aromatic carbocycles. The predicted molar refractivity (Wildman–Crippen MR) is 131 cm³/mol. The lowest BCUT2D eigenvalue weighted by molar-refractivity contribution is -0.292. The van der Waals surface area contributed by atoms with Gasteiger partial charge in [0.1, 0.15) is 5.78 Å². The van der Waals surface area contributed by atoms with E-state index in [0.717, 1.165) is 19.3 Å². The van der Waals surface area contributed by atoms with E-state index >= 15 is 0 Å². The average molecular weight is 443 g/mol. The number of carbonyl (C=O) groups is 1. The van der Waals surface area contributed by atoms with E-state index in [2.05, 4.69) is 55.4 Å². The van der Waals surface area contributed by atoms with Crippen molar-refractivity contribution in [2.24, 2.45) is 56.2 Å². The summed E-state index contributed by atoms with van der Waals surface area (Å²) in [4.78, 5) is 12.7. The highest BCUT2D eigenvalue weighted by molar-refractivity contribution is 5.82. The fraction of sp³-hybridized carbons (Fsp3) is 0.967. The number of rotatable bonds is 0. The van der Waals surface area contributed by atoms with Gasteiger partial charge in [0.15, 0.2) is 0 Å². The molecule has 5 aliphatic rings. The van der Waals surface area contributed by atoms with Crippen LogP contribution in [0.5, 0.6) is 0 Å². The predicted octanol–water partition coefficient (Wildman–Crippen LogP) is 7.43. The fourth-order valence-corrected chi connectivity index (χ4v) is 11.3. The summed E-state index contributed by atoms with van der Waals surface area (Å²) in [6, 6.07) is 0. The topological polar surface area (TPSA) is 37.3 Å². The molecule has 5 rings (SSSR count). The lowest BCUT2D eigenvalue weighted by Gasteiger charge is -2.75. The van der Waals surface area contributed by atoms with Gasteiger partial charge in [-0.2, -0.15) is 0 Å². The largest absolute Gasteiger partial charge is 0.393 e. The number of Topliss-reactive ketones (excluding diaryl/α,β-unsaturated/α-hetero) is 1. The van der Waals surface area contributed by atoms with Crippen molar-refractivity contribution in [3.05, 3.63) is 0 Å². The second-order valence-corrected chi connectivity index (χ2v) is 15.4. The molecule has 0 saturated heterocycles. The first-order valence-electron chi connectivity index (χ1n) is 13.8. The summed E-state index contributed by atoms with van der Waals surface area (Å²) in [5.74, 6) is 2.49. The Balaban J connectivity index is 1.59. The van der Waals surface area contributed by atoms with Crippen LogP contribution in [-0.2, 0) is 4.79 Å². The summed E-state index contributed by atoms with van der Waals surface area (Å²) in [5.41, 5.74) is 1.20. The van der Waals surface area contributed by atoms with E-state index < -0.39 is 0 Å². The number of aliphatic hydroxyl groups is 1. The first kappa shape index (κ1) is 23.4. The molecule has 2 heteroatoms. The summed E-state index contributed by atoms with van der Waals surface area (Å²) in [7, 11) is 0. The third-order valence-electron chi connectivity index (χ3n) is 13.7. The van der Waals surface area contributed by atoms with E-state index in [4.69, 9.17) is 0 Å². The van der Waals surface area contributed by atoms with Crippen LogP contribution < -0.4 is 0 Å². The summed E-state index contributed by atoms with van der Waals surface area (Å²) < 4.78 is 0. The van der Waals surface area contributed by atoms with E-state index in [0.29, 0.717) is 34.4 Å². The zero-order chi connectivity index (χ0) is 23.5. The molecule has 2 nitrogen and oxygen atoms in total. The van der Waals surface area contributed by atoms with Crippen molar-refractivity contribution in [1.82, 2.24) is 0 Å². The number of ketones is 1. The Morgan fingerprint density at radius 2 is 1.41 bits per heavy atom. The van der Waals surface area contributed by atoms with Crippen LogP contribution in [0.1, 0.15) is 120 Å². The molecule has 0 bridgehead atoms. The highest BCUT2D eigenvalue weighted by Gasteiger charge is 2.73. The standard InChI is InChI=1S/C30H50O2/c1-19-20(31)9-10-21-27(19,5)12-11-22-28(21,6)18-24(32)30(8)23-17-25(2,3)13-14-26(23,4)15-16-29(22,30)7/h19,21-24,32H,9-18H2,1-8H3. The van der Waals surface area contributed by atoms with Crippen molar-refractivity contribution in [2.45, 2.75) is 126 Å². The molecule has 0 aliphatic heterocycles. The molecule has 0 heterocycles. The Bertz CT molecular complexity index is 816. The van der Waals surface area contributed by atoms with Crippen LogP contribution in [-0.4, -0.2) is 17.0 Å².